The predicted octanol–water partition coefficient (Wildman–Crippen LogP) is 1.14. The Hall–Kier alpha value is -1.79. The molecule has 3 N–H and O–H groups in total. The Morgan fingerprint density at radius 2 is 2.10 bits per heavy atom. The highest BCUT2D eigenvalue weighted by Crippen LogP contribution is 2.32. The van der Waals surface area contributed by atoms with Gasteiger partial charge in [0.25, 0.3) is 0 Å². The maximum Gasteiger partial charge on any atom is 0.166 e. The minimum absolute atomic E-state index is 0.322. The third-order valence-corrected chi connectivity index (χ3v) is 3.10. The maximum atomic E-state index is 10.1. The lowest BCUT2D eigenvalue weighted by atomic mass is 10.1. The third kappa shape index (κ3) is 3.85. The van der Waals surface area contributed by atoms with Crippen molar-refractivity contribution in [1.29, 1.82) is 0 Å². The first kappa shape index (κ1) is 14.6. The summed E-state index contributed by atoms with van der Waals surface area (Å²) in [5.74, 6) is 1.38. The monoisotopic (exact) mass is 294 g/mol. The molecule has 1 aliphatic heterocycles. The molecule has 0 amide bonds. The van der Waals surface area contributed by atoms with Gasteiger partial charge >= 0.3 is 0 Å². The van der Waals surface area contributed by atoms with E-state index in [1.807, 2.05) is 6.07 Å². The van der Waals surface area contributed by atoms with Gasteiger partial charge in [0.15, 0.2) is 16.6 Å². The highest BCUT2D eigenvalue weighted by atomic mass is 32.1. The summed E-state index contributed by atoms with van der Waals surface area (Å²) in [5, 5.41) is 16.5. The molecule has 0 saturated heterocycles. The maximum absolute atomic E-state index is 10.1. The molecule has 0 saturated carbocycles. The van der Waals surface area contributed by atoms with Crippen LogP contribution in [0.4, 0.5) is 0 Å². The number of ether oxygens (including phenoxy) is 2. The molecule has 1 unspecified atom stereocenters. The van der Waals surface area contributed by atoms with E-state index in [1.165, 1.54) is 0 Å². The number of fused-ring (bicyclic) bond motifs is 1. The quantitative estimate of drug-likeness (QED) is 0.559. The molecule has 20 heavy (non-hydrogen) atoms. The van der Waals surface area contributed by atoms with Crippen LogP contribution in [0.2, 0.25) is 0 Å². The van der Waals surface area contributed by atoms with Gasteiger partial charge in [-0.1, -0.05) is 12.1 Å². The fraction of sp³-hybridized carbons (Fsp3) is 0.357. The first-order valence-corrected chi connectivity index (χ1v) is 6.81. The molecule has 0 radical (unpaired) electrons. The van der Waals surface area contributed by atoms with E-state index in [0.717, 1.165) is 5.56 Å². The van der Waals surface area contributed by atoms with Crippen LogP contribution in [0.25, 0.3) is 0 Å². The Labute approximate surface area is 123 Å². The number of thiocarbonyl (C=S) groups is 1. The molecule has 0 spiro atoms. The molecule has 0 bridgehead atoms. The fourth-order valence-corrected chi connectivity index (χ4v) is 1.97. The van der Waals surface area contributed by atoms with Crippen LogP contribution < -0.4 is 20.1 Å². The van der Waals surface area contributed by atoms with Crippen molar-refractivity contribution < 1.29 is 14.6 Å². The summed E-state index contributed by atoms with van der Waals surface area (Å²) in [6.45, 7) is 5.59. The topological polar surface area (TPSA) is 62.8 Å². The van der Waals surface area contributed by atoms with Gasteiger partial charge in [0.05, 0.1) is 6.10 Å². The SMILES string of the molecule is C=CCNC(=S)NCC(O)c1ccc2c(c1)OCCO2. The zero-order valence-electron chi connectivity index (χ0n) is 11.1. The van der Waals surface area contributed by atoms with Crippen LogP contribution in [0.5, 0.6) is 11.5 Å². The Balaban J connectivity index is 1.90. The largest absolute Gasteiger partial charge is 0.486 e. The van der Waals surface area contributed by atoms with E-state index in [4.69, 9.17) is 21.7 Å². The first-order valence-electron chi connectivity index (χ1n) is 6.41. The predicted molar refractivity (Wildman–Crippen MR) is 81.2 cm³/mol. The first-order chi connectivity index (χ1) is 9.70. The lowest BCUT2D eigenvalue weighted by Gasteiger charge is -2.20. The van der Waals surface area contributed by atoms with Crippen LogP contribution in [0.3, 0.4) is 0 Å². The Kier molecular flexibility index (Phi) is 5.20. The summed E-state index contributed by atoms with van der Waals surface area (Å²) in [7, 11) is 0. The molecule has 0 aliphatic carbocycles. The third-order valence-electron chi connectivity index (χ3n) is 2.81. The number of hydrogen-bond donors (Lipinski definition) is 3. The molecule has 6 heteroatoms. The average Bonchev–Trinajstić information content (AvgIpc) is 2.50. The smallest absolute Gasteiger partial charge is 0.166 e. The fourth-order valence-electron chi connectivity index (χ4n) is 1.80. The van der Waals surface area contributed by atoms with Crippen molar-refractivity contribution in [3.8, 4) is 11.5 Å². The Morgan fingerprint density at radius 3 is 2.85 bits per heavy atom. The van der Waals surface area contributed by atoms with Gasteiger partial charge in [-0.2, -0.15) is 0 Å². The summed E-state index contributed by atoms with van der Waals surface area (Å²) < 4.78 is 10.9. The van der Waals surface area contributed by atoms with Crippen LogP contribution in [-0.4, -0.2) is 36.5 Å². The average molecular weight is 294 g/mol. The number of nitrogens with one attached hydrogen (secondary N) is 2. The number of benzene rings is 1. The van der Waals surface area contributed by atoms with Crippen LogP contribution in [-0.2, 0) is 0 Å². The molecular weight excluding hydrogens is 276 g/mol. The van der Waals surface area contributed by atoms with Crippen LogP contribution in [0.1, 0.15) is 11.7 Å². The molecule has 2 rings (SSSR count). The summed E-state index contributed by atoms with van der Waals surface area (Å²) in [4.78, 5) is 0. The van der Waals surface area contributed by atoms with Crippen molar-refractivity contribution in [2.75, 3.05) is 26.3 Å². The van der Waals surface area contributed by atoms with Crippen LogP contribution in [0, 0.1) is 0 Å². The number of hydrogen-bond acceptors (Lipinski definition) is 4. The Morgan fingerprint density at radius 1 is 1.35 bits per heavy atom. The van der Waals surface area contributed by atoms with E-state index in [9.17, 15) is 5.11 Å². The second-order valence-electron chi connectivity index (χ2n) is 4.30. The normalized spacial score (nSPS) is 14.2. The van der Waals surface area contributed by atoms with Gasteiger partial charge in [-0.05, 0) is 29.9 Å². The van der Waals surface area contributed by atoms with Crippen LogP contribution in [0.15, 0.2) is 30.9 Å². The Bertz CT molecular complexity index is 493. The van der Waals surface area contributed by atoms with Crippen molar-refractivity contribution in [3.05, 3.63) is 36.4 Å². The van der Waals surface area contributed by atoms with Gasteiger partial charge in [0.1, 0.15) is 13.2 Å². The van der Waals surface area contributed by atoms with Crippen LogP contribution >= 0.6 is 12.2 Å². The molecular formula is C14H18N2O3S. The lowest BCUT2D eigenvalue weighted by Crippen LogP contribution is -2.37. The molecule has 108 valence electrons. The molecule has 1 aromatic carbocycles. The van der Waals surface area contributed by atoms with E-state index >= 15 is 0 Å². The summed E-state index contributed by atoms with van der Waals surface area (Å²) >= 11 is 5.06. The molecule has 1 aliphatic rings. The van der Waals surface area contributed by atoms with Gasteiger partial charge in [0.2, 0.25) is 0 Å². The zero-order valence-corrected chi connectivity index (χ0v) is 11.9. The summed E-state index contributed by atoms with van der Waals surface area (Å²) in [5.41, 5.74) is 0.758. The molecule has 5 nitrogen and oxygen atoms in total. The second kappa shape index (κ2) is 7.12. The molecule has 0 aromatic heterocycles. The van der Waals surface area contributed by atoms with Gasteiger partial charge < -0.3 is 25.2 Å². The van der Waals surface area contributed by atoms with E-state index in [-0.39, 0.29) is 0 Å². The standard InChI is InChI=1S/C14H18N2O3S/c1-2-5-15-14(20)16-9-11(17)10-3-4-12-13(8-10)19-7-6-18-12/h2-4,8,11,17H,1,5-7,9H2,(H2,15,16,20). The molecule has 0 fully saturated rings. The second-order valence-corrected chi connectivity index (χ2v) is 4.71. The van der Waals surface area contributed by atoms with Crippen molar-refractivity contribution in [2.45, 2.75) is 6.10 Å². The van der Waals surface area contributed by atoms with Crippen molar-refractivity contribution in [1.82, 2.24) is 10.6 Å². The van der Waals surface area contributed by atoms with E-state index in [1.54, 1.807) is 18.2 Å². The van der Waals surface area contributed by atoms with E-state index < -0.39 is 6.10 Å². The number of rotatable bonds is 5. The minimum Gasteiger partial charge on any atom is -0.486 e. The number of aliphatic hydroxyl groups is 1. The van der Waals surface area contributed by atoms with Crippen molar-refractivity contribution in [3.63, 3.8) is 0 Å². The zero-order chi connectivity index (χ0) is 14.4. The minimum atomic E-state index is -0.672. The van der Waals surface area contributed by atoms with Gasteiger partial charge in [-0.3, -0.25) is 0 Å². The van der Waals surface area contributed by atoms with Gasteiger partial charge in [-0.15, -0.1) is 6.58 Å². The molecule has 1 atom stereocenters. The van der Waals surface area contributed by atoms with Crippen molar-refractivity contribution >= 4 is 17.3 Å². The lowest BCUT2D eigenvalue weighted by molar-refractivity contribution is 0.165. The van der Waals surface area contributed by atoms with Crippen molar-refractivity contribution in [2.24, 2.45) is 0 Å². The summed E-state index contributed by atoms with van der Waals surface area (Å²) in [6.07, 6.45) is 1.04. The van der Waals surface area contributed by atoms with E-state index in [2.05, 4.69) is 17.2 Å². The van der Waals surface area contributed by atoms with Gasteiger partial charge in [0, 0.05) is 13.1 Å². The van der Waals surface area contributed by atoms with E-state index in [0.29, 0.717) is 42.9 Å². The van der Waals surface area contributed by atoms with Gasteiger partial charge in [-0.25, -0.2) is 0 Å². The molecule has 1 aromatic rings. The highest BCUT2D eigenvalue weighted by Gasteiger charge is 2.15. The summed E-state index contributed by atoms with van der Waals surface area (Å²) in [6, 6.07) is 5.42. The number of aliphatic hydroxyl groups excluding tert-OH is 1. The highest BCUT2D eigenvalue weighted by molar-refractivity contribution is 7.80. The molecule has 1 heterocycles.